The van der Waals surface area contributed by atoms with Crippen LogP contribution in [-0.4, -0.2) is 40.9 Å². The Balaban J connectivity index is 2.41. The fourth-order valence-electron chi connectivity index (χ4n) is 2.49. The second kappa shape index (κ2) is 6.28. The van der Waals surface area contributed by atoms with E-state index >= 15 is 0 Å². The molecule has 0 radical (unpaired) electrons. The topological polar surface area (TPSA) is 81.5 Å². The van der Waals surface area contributed by atoms with Crippen LogP contribution in [0.5, 0.6) is 0 Å². The molecule has 1 aromatic heterocycles. The van der Waals surface area contributed by atoms with Crippen LogP contribution in [0.1, 0.15) is 48.6 Å². The lowest BCUT2D eigenvalue weighted by atomic mass is 9.92. The highest BCUT2D eigenvalue weighted by molar-refractivity contribution is 5.88. The standard InChI is InChI=1S/C14H20N2O4/c1-3-11-10(12(17)18)9-15-13(16-11)14(20-4-2)5-7-19-8-6-14/h9H,3-8H2,1-2H3,(H,17,18). The first-order valence-electron chi connectivity index (χ1n) is 6.94. The van der Waals surface area contributed by atoms with E-state index in [1.165, 1.54) is 6.20 Å². The molecule has 0 amide bonds. The van der Waals surface area contributed by atoms with Gasteiger partial charge in [0.15, 0.2) is 5.82 Å². The van der Waals surface area contributed by atoms with Crippen LogP contribution in [0.15, 0.2) is 6.20 Å². The first-order valence-corrected chi connectivity index (χ1v) is 6.94. The average molecular weight is 280 g/mol. The molecule has 0 unspecified atom stereocenters. The molecule has 1 fully saturated rings. The van der Waals surface area contributed by atoms with Gasteiger partial charge in [0.2, 0.25) is 0 Å². The van der Waals surface area contributed by atoms with E-state index in [9.17, 15) is 4.79 Å². The van der Waals surface area contributed by atoms with Crippen molar-refractivity contribution in [3.05, 3.63) is 23.3 Å². The Hall–Kier alpha value is -1.53. The summed E-state index contributed by atoms with van der Waals surface area (Å²) in [5, 5.41) is 9.13. The van der Waals surface area contributed by atoms with Crippen LogP contribution in [0.4, 0.5) is 0 Å². The molecule has 6 heteroatoms. The number of hydrogen-bond acceptors (Lipinski definition) is 5. The highest BCUT2D eigenvalue weighted by atomic mass is 16.5. The summed E-state index contributed by atoms with van der Waals surface area (Å²) in [4.78, 5) is 19.8. The average Bonchev–Trinajstić information content (AvgIpc) is 2.47. The van der Waals surface area contributed by atoms with E-state index in [0.717, 1.165) is 0 Å². The summed E-state index contributed by atoms with van der Waals surface area (Å²) >= 11 is 0. The summed E-state index contributed by atoms with van der Waals surface area (Å²) in [7, 11) is 0. The van der Waals surface area contributed by atoms with Crippen LogP contribution >= 0.6 is 0 Å². The van der Waals surface area contributed by atoms with Gasteiger partial charge in [-0.1, -0.05) is 6.92 Å². The zero-order chi connectivity index (χ0) is 14.6. The van der Waals surface area contributed by atoms with Gasteiger partial charge in [-0.05, 0) is 13.3 Å². The van der Waals surface area contributed by atoms with E-state index in [-0.39, 0.29) is 5.56 Å². The fourth-order valence-corrected chi connectivity index (χ4v) is 2.49. The summed E-state index contributed by atoms with van der Waals surface area (Å²) < 4.78 is 11.3. The van der Waals surface area contributed by atoms with Gasteiger partial charge in [-0.25, -0.2) is 14.8 Å². The number of rotatable bonds is 5. The molecule has 2 heterocycles. The minimum atomic E-state index is -0.995. The monoisotopic (exact) mass is 280 g/mol. The van der Waals surface area contributed by atoms with E-state index < -0.39 is 11.6 Å². The van der Waals surface area contributed by atoms with Crippen LogP contribution < -0.4 is 0 Å². The second-order valence-corrected chi connectivity index (χ2v) is 4.75. The van der Waals surface area contributed by atoms with E-state index in [0.29, 0.717) is 50.6 Å². The van der Waals surface area contributed by atoms with Crippen LogP contribution in [-0.2, 0) is 21.5 Å². The van der Waals surface area contributed by atoms with Gasteiger partial charge in [-0.3, -0.25) is 0 Å². The Morgan fingerprint density at radius 3 is 2.70 bits per heavy atom. The molecular weight excluding hydrogens is 260 g/mol. The Bertz CT molecular complexity index is 479. The smallest absolute Gasteiger partial charge is 0.339 e. The van der Waals surface area contributed by atoms with Crippen LogP contribution in [0, 0.1) is 0 Å². The van der Waals surface area contributed by atoms with E-state index in [4.69, 9.17) is 14.6 Å². The van der Waals surface area contributed by atoms with Crippen molar-refractivity contribution in [3.8, 4) is 0 Å². The maximum atomic E-state index is 11.1. The van der Waals surface area contributed by atoms with E-state index in [1.54, 1.807) is 0 Å². The van der Waals surface area contributed by atoms with E-state index in [2.05, 4.69) is 9.97 Å². The van der Waals surface area contributed by atoms with Crippen molar-refractivity contribution in [2.45, 2.75) is 38.7 Å². The molecule has 0 atom stereocenters. The molecule has 2 rings (SSSR count). The van der Waals surface area contributed by atoms with Crippen molar-refractivity contribution in [3.63, 3.8) is 0 Å². The van der Waals surface area contributed by atoms with Crippen LogP contribution in [0.3, 0.4) is 0 Å². The Labute approximate surface area is 118 Å². The van der Waals surface area contributed by atoms with Crippen molar-refractivity contribution in [1.82, 2.24) is 9.97 Å². The zero-order valence-corrected chi connectivity index (χ0v) is 11.9. The third-order valence-electron chi connectivity index (χ3n) is 3.56. The highest BCUT2D eigenvalue weighted by Gasteiger charge is 2.38. The maximum Gasteiger partial charge on any atom is 0.339 e. The number of ether oxygens (including phenoxy) is 2. The summed E-state index contributed by atoms with van der Waals surface area (Å²) in [6.45, 7) is 5.59. The summed E-state index contributed by atoms with van der Waals surface area (Å²) in [6, 6.07) is 0. The minimum Gasteiger partial charge on any atom is -0.478 e. The number of aromatic carboxylic acids is 1. The van der Waals surface area contributed by atoms with Gasteiger partial charge in [0.25, 0.3) is 0 Å². The number of carboxylic acid groups (broad SMARTS) is 1. The molecule has 0 saturated carbocycles. The molecule has 6 nitrogen and oxygen atoms in total. The third kappa shape index (κ3) is 2.81. The normalized spacial score (nSPS) is 17.9. The number of carbonyl (C=O) groups is 1. The lowest BCUT2D eigenvalue weighted by Gasteiger charge is -2.35. The zero-order valence-electron chi connectivity index (χ0n) is 11.9. The molecule has 0 bridgehead atoms. The van der Waals surface area contributed by atoms with Gasteiger partial charge < -0.3 is 14.6 Å². The fraction of sp³-hybridized carbons (Fsp3) is 0.643. The van der Waals surface area contributed by atoms with Gasteiger partial charge in [0, 0.05) is 38.9 Å². The van der Waals surface area contributed by atoms with Crippen molar-refractivity contribution in [1.29, 1.82) is 0 Å². The molecule has 0 aromatic carbocycles. The van der Waals surface area contributed by atoms with Gasteiger partial charge in [0.05, 0.1) is 11.3 Å². The number of hydrogen-bond donors (Lipinski definition) is 1. The van der Waals surface area contributed by atoms with Crippen molar-refractivity contribution in [2.75, 3.05) is 19.8 Å². The molecule has 0 aliphatic carbocycles. The Morgan fingerprint density at radius 1 is 1.45 bits per heavy atom. The van der Waals surface area contributed by atoms with Crippen molar-refractivity contribution >= 4 is 5.97 Å². The lowest BCUT2D eigenvalue weighted by Crippen LogP contribution is -2.38. The predicted molar refractivity (Wildman–Crippen MR) is 71.7 cm³/mol. The summed E-state index contributed by atoms with van der Waals surface area (Å²) in [5.74, 6) is -0.421. The van der Waals surface area contributed by atoms with Gasteiger partial charge in [-0.15, -0.1) is 0 Å². The quantitative estimate of drug-likeness (QED) is 0.885. The van der Waals surface area contributed by atoms with Gasteiger partial charge >= 0.3 is 5.97 Å². The van der Waals surface area contributed by atoms with Crippen molar-refractivity contribution < 1.29 is 19.4 Å². The molecule has 0 spiro atoms. The Morgan fingerprint density at radius 2 is 2.15 bits per heavy atom. The first-order chi connectivity index (χ1) is 9.63. The number of aryl methyl sites for hydroxylation is 1. The summed E-state index contributed by atoms with van der Waals surface area (Å²) in [6.07, 6.45) is 3.32. The molecular formula is C14H20N2O4. The minimum absolute atomic E-state index is 0.162. The second-order valence-electron chi connectivity index (χ2n) is 4.75. The number of nitrogens with zero attached hydrogens (tertiary/aromatic N) is 2. The number of aromatic nitrogens is 2. The van der Waals surface area contributed by atoms with Gasteiger partial charge in [0.1, 0.15) is 5.60 Å². The van der Waals surface area contributed by atoms with Crippen molar-refractivity contribution in [2.24, 2.45) is 0 Å². The number of carboxylic acids is 1. The molecule has 1 saturated heterocycles. The van der Waals surface area contributed by atoms with E-state index in [1.807, 2.05) is 13.8 Å². The molecule has 1 aromatic rings. The first kappa shape index (κ1) is 14.9. The SMILES string of the molecule is CCOC1(c2ncc(C(=O)O)c(CC)n2)CCOCC1. The van der Waals surface area contributed by atoms with Crippen LogP contribution in [0.25, 0.3) is 0 Å². The molecule has 1 aliphatic rings. The largest absolute Gasteiger partial charge is 0.478 e. The molecule has 110 valence electrons. The third-order valence-corrected chi connectivity index (χ3v) is 3.56. The lowest BCUT2D eigenvalue weighted by molar-refractivity contribution is -0.118. The maximum absolute atomic E-state index is 11.1. The van der Waals surface area contributed by atoms with Gasteiger partial charge in [-0.2, -0.15) is 0 Å². The molecule has 20 heavy (non-hydrogen) atoms. The summed E-state index contributed by atoms with van der Waals surface area (Å²) in [5.41, 5.74) is 0.163. The highest BCUT2D eigenvalue weighted by Crippen LogP contribution is 2.34. The predicted octanol–water partition coefficient (Wildman–Crippen LogP) is 1.78. The Kier molecular flexibility index (Phi) is 4.67. The molecule has 1 N–H and O–H groups in total. The molecule has 1 aliphatic heterocycles. The van der Waals surface area contributed by atoms with Crippen LogP contribution in [0.2, 0.25) is 0 Å².